The summed E-state index contributed by atoms with van der Waals surface area (Å²) in [5.74, 6) is -1.06. The van der Waals surface area contributed by atoms with Crippen LogP contribution in [0.5, 0.6) is 0 Å². The monoisotopic (exact) mass is 269 g/mol. The van der Waals surface area contributed by atoms with Crippen LogP contribution in [-0.4, -0.2) is 34.4 Å². The predicted molar refractivity (Wildman–Crippen MR) is 68.1 cm³/mol. The van der Waals surface area contributed by atoms with E-state index in [9.17, 15) is 9.59 Å². The third-order valence-corrected chi connectivity index (χ3v) is 2.32. The van der Waals surface area contributed by atoms with E-state index < -0.39 is 18.0 Å². The van der Waals surface area contributed by atoms with Crippen molar-refractivity contribution in [2.75, 3.05) is 12.3 Å². The van der Waals surface area contributed by atoms with E-state index in [0.29, 0.717) is 18.5 Å². The Kier molecular flexibility index (Phi) is 5.84. The fourth-order valence-corrected chi connectivity index (χ4v) is 1.52. The standard InChI is InChI=1S/C12H19N3O4/c1-3-5-10(12(17)18-4-2)19-11(16)8-15-7-9(13)6-14-15/h6-7,10H,3-5,8,13H2,1-2H3. The van der Waals surface area contributed by atoms with E-state index >= 15 is 0 Å². The third kappa shape index (κ3) is 4.99. The van der Waals surface area contributed by atoms with Crippen molar-refractivity contribution in [3.8, 4) is 0 Å². The molecule has 0 aromatic carbocycles. The molecular formula is C12H19N3O4. The van der Waals surface area contributed by atoms with E-state index in [4.69, 9.17) is 15.2 Å². The summed E-state index contributed by atoms with van der Waals surface area (Å²) in [5.41, 5.74) is 5.94. The summed E-state index contributed by atoms with van der Waals surface area (Å²) in [6.45, 7) is 3.77. The van der Waals surface area contributed by atoms with Gasteiger partial charge in [0.2, 0.25) is 0 Å². The number of anilines is 1. The first-order valence-corrected chi connectivity index (χ1v) is 6.20. The van der Waals surface area contributed by atoms with Crippen LogP contribution in [0.25, 0.3) is 0 Å². The molecule has 19 heavy (non-hydrogen) atoms. The molecule has 0 saturated heterocycles. The molecule has 0 aliphatic carbocycles. The zero-order chi connectivity index (χ0) is 14.3. The molecule has 1 heterocycles. The van der Waals surface area contributed by atoms with Gasteiger partial charge in [-0.15, -0.1) is 0 Å². The van der Waals surface area contributed by atoms with E-state index in [1.54, 1.807) is 6.92 Å². The van der Waals surface area contributed by atoms with E-state index in [2.05, 4.69) is 5.10 Å². The topological polar surface area (TPSA) is 96.4 Å². The number of esters is 2. The van der Waals surface area contributed by atoms with Crippen LogP contribution < -0.4 is 5.73 Å². The number of aromatic nitrogens is 2. The summed E-state index contributed by atoms with van der Waals surface area (Å²) in [7, 11) is 0. The molecule has 0 radical (unpaired) electrons. The summed E-state index contributed by atoms with van der Waals surface area (Å²) < 4.78 is 11.3. The largest absolute Gasteiger partial charge is 0.463 e. The highest BCUT2D eigenvalue weighted by molar-refractivity contribution is 5.79. The third-order valence-electron chi connectivity index (χ3n) is 2.32. The van der Waals surface area contributed by atoms with Gasteiger partial charge in [0.05, 0.1) is 18.5 Å². The summed E-state index contributed by atoms with van der Waals surface area (Å²) in [4.78, 5) is 23.3. The SMILES string of the molecule is CCCC(OC(=O)Cn1cc(N)cn1)C(=O)OCC. The van der Waals surface area contributed by atoms with Crippen molar-refractivity contribution in [1.29, 1.82) is 0 Å². The van der Waals surface area contributed by atoms with Gasteiger partial charge in [-0.2, -0.15) is 5.10 Å². The van der Waals surface area contributed by atoms with Crippen molar-refractivity contribution in [3.63, 3.8) is 0 Å². The number of hydrogen-bond donors (Lipinski definition) is 1. The Hall–Kier alpha value is -2.05. The molecule has 0 aliphatic heterocycles. The zero-order valence-electron chi connectivity index (χ0n) is 11.2. The Bertz CT molecular complexity index is 430. The lowest BCUT2D eigenvalue weighted by Gasteiger charge is -2.15. The fraction of sp³-hybridized carbons (Fsp3) is 0.583. The maximum absolute atomic E-state index is 11.7. The number of carbonyl (C=O) groups excluding carboxylic acids is 2. The van der Waals surface area contributed by atoms with Crippen molar-refractivity contribution >= 4 is 17.6 Å². The Morgan fingerprint density at radius 3 is 2.74 bits per heavy atom. The van der Waals surface area contributed by atoms with Crippen LogP contribution in [0, 0.1) is 0 Å². The van der Waals surface area contributed by atoms with Crippen molar-refractivity contribution in [3.05, 3.63) is 12.4 Å². The van der Waals surface area contributed by atoms with Crippen LogP contribution in [0.1, 0.15) is 26.7 Å². The number of rotatable bonds is 7. The molecule has 1 aromatic rings. The summed E-state index contributed by atoms with van der Waals surface area (Å²) in [6, 6.07) is 0. The van der Waals surface area contributed by atoms with E-state index in [1.807, 2.05) is 6.92 Å². The molecule has 0 spiro atoms. The fourth-order valence-electron chi connectivity index (χ4n) is 1.52. The Morgan fingerprint density at radius 2 is 2.21 bits per heavy atom. The molecular weight excluding hydrogens is 250 g/mol. The molecule has 1 atom stereocenters. The second-order valence-corrected chi connectivity index (χ2v) is 3.99. The first-order valence-electron chi connectivity index (χ1n) is 6.20. The minimum atomic E-state index is -0.856. The van der Waals surface area contributed by atoms with Gasteiger partial charge in [0, 0.05) is 6.20 Å². The average Bonchev–Trinajstić information content (AvgIpc) is 2.74. The van der Waals surface area contributed by atoms with Crippen LogP contribution in [0.2, 0.25) is 0 Å². The van der Waals surface area contributed by atoms with Crippen molar-refractivity contribution in [2.24, 2.45) is 0 Å². The van der Waals surface area contributed by atoms with Crippen LogP contribution in [0.3, 0.4) is 0 Å². The van der Waals surface area contributed by atoms with Gasteiger partial charge in [-0.3, -0.25) is 9.48 Å². The molecule has 0 fully saturated rings. The molecule has 0 saturated carbocycles. The van der Waals surface area contributed by atoms with Crippen molar-refractivity contribution in [1.82, 2.24) is 9.78 Å². The number of nitrogen functional groups attached to an aromatic ring is 1. The predicted octanol–water partition coefficient (Wildman–Crippen LogP) is 0.740. The molecule has 2 N–H and O–H groups in total. The molecule has 106 valence electrons. The quantitative estimate of drug-likeness (QED) is 0.733. The molecule has 7 heteroatoms. The Balaban J connectivity index is 2.53. The maximum atomic E-state index is 11.7. The minimum absolute atomic E-state index is 0.0865. The van der Waals surface area contributed by atoms with Gasteiger partial charge in [-0.1, -0.05) is 13.3 Å². The summed E-state index contributed by atoms with van der Waals surface area (Å²) in [5, 5.41) is 3.86. The lowest BCUT2D eigenvalue weighted by atomic mass is 10.2. The molecule has 7 nitrogen and oxygen atoms in total. The lowest BCUT2D eigenvalue weighted by molar-refractivity contribution is -0.168. The highest BCUT2D eigenvalue weighted by Crippen LogP contribution is 2.06. The number of ether oxygens (including phenoxy) is 2. The minimum Gasteiger partial charge on any atom is -0.463 e. The average molecular weight is 269 g/mol. The molecule has 1 aromatic heterocycles. The van der Waals surface area contributed by atoms with Gasteiger partial charge in [-0.25, -0.2) is 4.79 Å². The van der Waals surface area contributed by atoms with E-state index in [-0.39, 0.29) is 13.2 Å². The number of carbonyl (C=O) groups is 2. The van der Waals surface area contributed by atoms with E-state index in [0.717, 1.165) is 0 Å². The second kappa shape index (κ2) is 7.40. The molecule has 1 rings (SSSR count). The maximum Gasteiger partial charge on any atom is 0.347 e. The van der Waals surface area contributed by atoms with Gasteiger partial charge < -0.3 is 15.2 Å². The van der Waals surface area contributed by atoms with Crippen molar-refractivity contribution < 1.29 is 19.1 Å². The van der Waals surface area contributed by atoms with E-state index in [1.165, 1.54) is 17.1 Å². The lowest BCUT2D eigenvalue weighted by Crippen LogP contribution is -2.30. The highest BCUT2D eigenvalue weighted by Gasteiger charge is 2.23. The smallest absolute Gasteiger partial charge is 0.347 e. The molecule has 0 amide bonds. The van der Waals surface area contributed by atoms with Crippen molar-refractivity contribution in [2.45, 2.75) is 39.3 Å². The van der Waals surface area contributed by atoms with Crippen LogP contribution in [-0.2, 0) is 25.6 Å². The van der Waals surface area contributed by atoms with Crippen LogP contribution in [0.15, 0.2) is 12.4 Å². The zero-order valence-corrected chi connectivity index (χ0v) is 11.2. The molecule has 1 unspecified atom stereocenters. The Labute approximate surface area is 111 Å². The Morgan fingerprint density at radius 1 is 1.47 bits per heavy atom. The van der Waals surface area contributed by atoms with Gasteiger partial charge in [-0.05, 0) is 13.3 Å². The molecule has 0 bridgehead atoms. The first kappa shape index (κ1) is 15.0. The summed E-state index contributed by atoms with van der Waals surface area (Å²) in [6.07, 6.45) is 3.24. The number of hydrogen-bond acceptors (Lipinski definition) is 6. The van der Waals surface area contributed by atoms with Crippen LogP contribution in [0.4, 0.5) is 5.69 Å². The molecule has 0 aliphatic rings. The van der Waals surface area contributed by atoms with Gasteiger partial charge in [0.15, 0.2) is 6.10 Å². The highest BCUT2D eigenvalue weighted by atomic mass is 16.6. The van der Waals surface area contributed by atoms with Gasteiger partial charge in [0.1, 0.15) is 6.54 Å². The first-order chi connectivity index (χ1) is 9.06. The normalized spacial score (nSPS) is 11.9. The number of nitrogens with two attached hydrogens (primary N) is 1. The van der Waals surface area contributed by atoms with Gasteiger partial charge in [0.25, 0.3) is 0 Å². The summed E-state index contributed by atoms with van der Waals surface area (Å²) >= 11 is 0. The number of nitrogens with zero attached hydrogens (tertiary/aromatic N) is 2. The second-order valence-electron chi connectivity index (χ2n) is 3.99. The van der Waals surface area contributed by atoms with Crippen LogP contribution >= 0.6 is 0 Å². The van der Waals surface area contributed by atoms with Gasteiger partial charge >= 0.3 is 11.9 Å².